The first-order valence-corrected chi connectivity index (χ1v) is 7.01. The lowest BCUT2D eigenvalue weighted by molar-refractivity contribution is 0.102. The molecule has 1 N–H and O–H groups in total. The van der Waals surface area contributed by atoms with Crippen LogP contribution in [0.3, 0.4) is 0 Å². The lowest BCUT2D eigenvalue weighted by Gasteiger charge is -2.06. The summed E-state index contributed by atoms with van der Waals surface area (Å²) < 4.78 is 1.67. The summed E-state index contributed by atoms with van der Waals surface area (Å²) in [6.45, 7) is 0. The zero-order valence-electron chi connectivity index (χ0n) is 9.78. The molecule has 0 fully saturated rings. The second kappa shape index (κ2) is 6.05. The van der Waals surface area contributed by atoms with E-state index in [2.05, 4.69) is 43.1 Å². The summed E-state index contributed by atoms with van der Waals surface area (Å²) in [5, 5.41) is 2.81. The van der Waals surface area contributed by atoms with Gasteiger partial charge in [0, 0.05) is 25.8 Å². The molecule has 0 atom stereocenters. The van der Waals surface area contributed by atoms with Gasteiger partial charge in [0.15, 0.2) is 0 Å². The standard InChI is InChI=1S/C15H9Br2NO/c1-2-10-4-3-5-14(6-10)18-15(19)11-7-12(16)9-13(17)8-11/h1,3-9H,(H,18,19). The van der Waals surface area contributed by atoms with Gasteiger partial charge in [0.1, 0.15) is 0 Å². The molecule has 0 aromatic heterocycles. The van der Waals surface area contributed by atoms with Gasteiger partial charge in [-0.2, -0.15) is 0 Å². The van der Waals surface area contributed by atoms with Gasteiger partial charge in [-0.15, -0.1) is 6.42 Å². The molecule has 1 amide bonds. The summed E-state index contributed by atoms with van der Waals surface area (Å²) >= 11 is 6.71. The molecule has 94 valence electrons. The van der Waals surface area contributed by atoms with E-state index in [0.717, 1.165) is 14.5 Å². The fourth-order valence-corrected chi connectivity index (χ4v) is 2.87. The molecule has 2 nitrogen and oxygen atoms in total. The van der Waals surface area contributed by atoms with Gasteiger partial charge in [-0.1, -0.05) is 43.8 Å². The Kier molecular flexibility index (Phi) is 4.41. The molecule has 0 spiro atoms. The number of anilines is 1. The Morgan fingerprint density at radius 1 is 1.11 bits per heavy atom. The number of halogens is 2. The number of hydrogen-bond acceptors (Lipinski definition) is 1. The maximum Gasteiger partial charge on any atom is 0.255 e. The highest BCUT2D eigenvalue weighted by atomic mass is 79.9. The average Bonchev–Trinajstić information content (AvgIpc) is 2.37. The van der Waals surface area contributed by atoms with Crippen LogP contribution in [0.2, 0.25) is 0 Å². The Hall–Kier alpha value is -1.57. The number of terminal acetylenes is 1. The van der Waals surface area contributed by atoms with E-state index in [-0.39, 0.29) is 5.91 Å². The summed E-state index contributed by atoms with van der Waals surface area (Å²) in [5.74, 6) is 2.35. The largest absolute Gasteiger partial charge is 0.322 e. The monoisotopic (exact) mass is 377 g/mol. The number of rotatable bonds is 2. The average molecular weight is 379 g/mol. The highest BCUT2D eigenvalue weighted by molar-refractivity contribution is 9.11. The van der Waals surface area contributed by atoms with E-state index in [0.29, 0.717) is 11.3 Å². The summed E-state index contributed by atoms with van der Waals surface area (Å²) in [5.41, 5.74) is 1.97. The van der Waals surface area contributed by atoms with Crippen molar-refractivity contribution < 1.29 is 4.79 Å². The number of nitrogens with one attached hydrogen (secondary N) is 1. The molecule has 0 saturated heterocycles. The first-order valence-electron chi connectivity index (χ1n) is 5.42. The Morgan fingerprint density at radius 2 is 1.79 bits per heavy atom. The zero-order valence-corrected chi connectivity index (χ0v) is 13.0. The molecule has 0 heterocycles. The number of carbonyl (C=O) groups is 1. The molecule has 2 aromatic carbocycles. The fraction of sp³-hybridized carbons (Fsp3) is 0. The molecule has 4 heteroatoms. The molecule has 0 unspecified atom stereocenters. The van der Waals surface area contributed by atoms with Crippen LogP contribution >= 0.6 is 31.9 Å². The lowest BCUT2D eigenvalue weighted by Crippen LogP contribution is -2.11. The molecule has 0 aliphatic carbocycles. The van der Waals surface area contributed by atoms with Crippen LogP contribution in [0.15, 0.2) is 51.4 Å². The second-order valence-corrected chi connectivity index (χ2v) is 5.67. The van der Waals surface area contributed by atoms with Crippen molar-refractivity contribution in [1.82, 2.24) is 0 Å². The van der Waals surface area contributed by atoms with Crippen molar-refractivity contribution in [2.24, 2.45) is 0 Å². The predicted octanol–water partition coefficient (Wildman–Crippen LogP) is 4.45. The Bertz CT molecular complexity index is 654. The maximum absolute atomic E-state index is 12.1. The van der Waals surface area contributed by atoms with Crippen molar-refractivity contribution >= 4 is 43.5 Å². The van der Waals surface area contributed by atoms with E-state index < -0.39 is 0 Å². The fourth-order valence-electron chi connectivity index (χ4n) is 1.57. The molecule has 19 heavy (non-hydrogen) atoms. The highest BCUT2D eigenvalue weighted by Crippen LogP contribution is 2.21. The number of hydrogen-bond donors (Lipinski definition) is 1. The van der Waals surface area contributed by atoms with Crippen molar-refractivity contribution in [2.45, 2.75) is 0 Å². The lowest BCUT2D eigenvalue weighted by atomic mass is 10.2. The maximum atomic E-state index is 12.1. The number of benzene rings is 2. The van der Waals surface area contributed by atoms with Crippen LogP contribution < -0.4 is 5.32 Å². The van der Waals surface area contributed by atoms with E-state index >= 15 is 0 Å². The van der Waals surface area contributed by atoms with Gasteiger partial charge in [0.05, 0.1) is 0 Å². The summed E-state index contributed by atoms with van der Waals surface area (Å²) in [4.78, 5) is 12.1. The molecule has 0 aliphatic rings. The molecular weight excluding hydrogens is 370 g/mol. The van der Waals surface area contributed by atoms with E-state index in [1.165, 1.54) is 0 Å². The Labute approximate surface area is 128 Å². The van der Waals surface area contributed by atoms with Gasteiger partial charge in [-0.3, -0.25) is 4.79 Å². The molecule has 2 rings (SSSR count). The van der Waals surface area contributed by atoms with Crippen LogP contribution in [0.5, 0.6) is 0 Å². The third-order valence-electron chi connectivity index (χ3n) is 2.41. The van der Waals surface area contributed by atoms with Crippen molar-refractivity contribution in [3.63, 3.8) is 0 Å². The SMILES string of the molecule is C#Cc1cccc(NC(=O)c2cc(Br)cc(Br)c2)c1. The predicted molar refractivity (Wildman–Crippen MR) is 84.2 cm³/mol. The smallest absolute Gasteiger partial charge is 0.255 e. The zero-order chi connectivity index (χ0) is 13.8. The van der Waals surface area contributed by atoms with E-state index in [4.69, 9.17) is 6.42 Å². The molecule has 2 aromatic rings. The third-order valence-corrected chi connectivity index (χ3v) is 3.33. The molecule has 0 bridgehead atoms. The molecule has 0 aliphatic heterocycles. The first-order chi connectivity index (χ1) is 9.08. The van der Waals surface area contributed by atoms with Crippen LogP contribution in [-0.4, -0.2) is 5.91 Å². The van der Waals surface area contributed by atoms with Crippen molar-refractivity contribution in [3.8, 4) is 12.3 Å². The highest BCUT2D eigenvalue weighted by Gasteiger charge is 2.08. The van der Waals surface area contributed by atoms with Gasteiger partial charge in [0.2, 0.25) is 0 Å². The minimum atomic E-state index is -0.184. The van der Waals surface area contributed by atoms with Crippen molar-refractivity contribution in [3.05, 3.63) is 62.5 Å². The second-order valence-electron chi connectivity index (χ2n) is 3.84. The minimum absolute atomic E-state index is 0.184. The summed E-state index contributed by atoms with van der Waals surface area (Å²) in [6, 6.07) is 12.6. The summed E-state index contributed by atoms with van der Waals surface area (Å²) in [6.07, 6.45) is 5.33. The van der Waals surface area contributed by atoms with Crippen LogP contribution in [0.1, 0.15) is 15.9 Å². The van der Waals surface area contributed by atoms with Gasteiger partial charge in [-0.25, -0.2) is 0 Å². The van der Waals surface area contributed by atoms with Crippen LogP contribution in [0.25, 0.3) is 0 Å². The molecule has 0 radical (unpaired) electrons. The minimum Gasteiger partial charge on any atom is -0.322 e. The first kappa shape index (κ1) is 13.9. The quantitative estimate of drug-likeness (QED) is 0.768. The topological polar surface area (TPSA) is 29.1 Å². The molecular formula is C15H9Br2NO. The summed E-state index contributed by atoms with van der Waals surface area (Å²) in [7, 11) is 0. The van der Waals surface area contributed by atoms with E-state index in [1.807, 2.05) is 18.2 Å². The van der Waals surface area contributed by atoms with Crippen LogP contribution in [-0.2, 0) is 0 Å². The van der Waals surface area contributed by atoms with Crippen LogP contribution in [0, 0.1) is 12.3 Å². The van der Waals surface area contributed by atoms with Gasteiger partial charge in [-0.05, 0) is 36.4 Å². The van der Waals surface area contributed by atoms with Crippen LogP contribution in [0.4, 0.5) is 5.69 Å². The number of carbonyl (C=O) groups excluding carboxylic acids is 1. The third kappa shape index (κ3) is 3.69. The van der Waals surface area contributed by atoms with E-state index in [9.17, 15) is 4.79 Å². The Morgan fingerprint density at radius 3 is 2.42 bits per heavy atom. The van der Waals surface area contributed by atoms with Gasteiger partial charge < -0.3 is 5.32 Å². The molecule has 0 saturated carbocycles. The normalized spacial score (nSPS) is 9.74. The van der Waals surface area contributed by atoms with Crippen molar-refractivity contribution in [1.29, 1.82) is 0 Å². The van der Waals surface area contributed by atoms with Gasteiger partial charge >= 0.3 is 0 Å². The van der Waals surface area contributed by atoms with E-state index in [1.54, 1.807) is 24.3 Å². The Balaban J connectivity index is 2.23. The number of amides is 1. The van der Waals surface area contributed by atoms with Crippen molar-refractivity contribution in [2.75, 3.05) is 5.32 Å². The van der Waals surface area contributed by atoms with Gasteiger partial charge in [0.25, 0.3) is 5.91 Å².